The van der Waals surface area contributed by atoms with Crippen molar-refractivity contribution >= 4 is 5.82 Å². The summed E-state index contributed by atoms with van der Waals surface area (Å²) in [6.45, 7) is 8.57. The lowest BCUT2D eigenvalue weighted by atomic mass is 10.0. The van der Waals surface area contributed by atoms with Crippen molar-refractivity contribution in [3.05, 3.63) is 41.3 Å². The molecule has 0 radical (unpaired) electrons. The van der Waals surface area contributed by atoms with Gasteiger partial charge in [0.1, 0.15) is 30.0 Å². The highest BCUT2D eigenvalue weighted by atomic mass is 16.5. The van der Waals surface area contributed by atoms with Gasteiger partial charge in [-0.25, -0.2) is 9.97 Å². The number of nitrogens with zero attached hydrogens (tertiary/aromatic N) is 5. The second-order valence-corrected chi connectivity index (χ2v) is 10.0. The van der Waals surface area contributed by atoms with Crippen LogP contribution in [0.15, 0.2) is 28.8 Å². The van der Waals surface area contributed by atoms with Gasteiger partial charge in [0, 0.05) is 42.8 Å². The van der Waals surface area contributed by atoms with Crippen molar-refractivity contribution in [2.75, 3.05) is 45.2 Å². The maximum Gasteiger partial charge on any atom is 0.162 e. The number of likely N-dealkylation sites (N-methyl/N-ethyl adjacent to an activating group) is 2. The number of rotatable bonds is 8. The van der Waals surface area contributed by atoms with Crippen molar-refractivity contribution in [2.24, 2.45) is 0 Å². The molecule has 2 fully saturated rings. The monoisotopic (exact) mass is 492 g/mol. The smallest absolute Gasteiger partial charge is 0.162 e. The summed E-state index contributed by atoms with van der Waals surface area (Å²) in [5.74, 6) is 3.03. The van der Waals surface area contributed by atoms with Crippen LogP contribution >= 0.6 is 0 Å². The molecule has 36 heavy (non-hydrogen) atoms. The molecule has 5 rings (SSSR count). The molecule has 1 unspecified atom stereocenters. The Bertz CT molecular complexity index is 1190. The largest absolute Gasteiger partial charge is 0.491 e. The highest BCUT2D eigenvalue weighted by Crippen LogP contribution is 2.37. The zero-order valence-corrected chi connectivity index (χ0v) is 21.8. The number of fused-ring (bicyclic) bond motifs is 2. The molecule has 1 aromatic carbocycles. The van der Waals surface area contributed by atoms with Crippen molar-refractivity contribution in [1.82, 2.24) is 25.3 Å². The van der Waals surface area contributed by atoms with E-state index in [9.17, 15) is 5.11 Å². The fourth-order valence-electron chi connectivity index (χ4n) is 5.50. The number of aromatic nitrogens is 3. The molecule has 2 N–H and O–H groups in total. The van der Waals surface area contributed by atoms with E-state index in [0.717, 1.165) is 52.7 Å². The van der Waals surface area contributed by atoms with Crippen molar-refractivity contribution in [3.63, 3.8) is 0 Å². The van der Waals surface area contributed by atoms with Crippen LogP contribution in [-0.4, -0.2) is 83.7 Å². The summed E-state index contributed by atoms with van der Waals surface area (Å²) in [5.41, 5.74) is 4.51. The van der Waals surface area contributed by atoms with E-state index >= 15 is 0 Å². The Morgan fingerprint density at radius 1 is 1.17 bits per heavy atom. The number of aliphatic hydroxyl groups excluding tert-OH is 1. The van der Waals surface area contributed by atoms with E-state index in [-0.39, 0.29) is 6.61 Å². The van der Waals surface area contributed by atoms with Crippen molar-refractivity contribution < 1.29 is 14.4 Å². The number of benzene rings is 1. The summed E-state index contributed by atoms with van der Waals surface area (Å²) in [4.78, 5) is 15.1. The van der Waals surface area contributed by atoms with Gasteiger partial charge in [-0.3, -0.25) is 4.90 Å². The van der Waals surface area contributed by atoms with Crippen LogP contribution in [0, 0.1) is 20.8 Å². The SMILES string of the molecule is CNCC(O)COc1cccc(-c2nc(-c3c(C)noc3C)c(C)c(N3C[C@H]4CC[C@@H](C3)N4C)n2)c1. The third kappa shape index (κ3) is 4.70. The first-order valence-electron chi connectivity index (χ1n) is 12.7. The molecular formula is C27H36N6O3. The number of nitrogens with one attached hydrogen (secondary N) is 1. The highest BCUT2D eigenvalue weighted by molar-refractivity contribution is 5.75. The van der Waals surface area contributed by atoms with Crippen molar-refractivity contribution in [2.45, 2.75) is 51.8 Å². The molecule has 2 aliphatic rings. The van der Waals surface area contributed by atoms with Crippen LogP contribution in [-0.2, 0) is 0 Å². The molecule has 9 heteroatoms. The van der Waals surface area contributed by atoms with Gasteiger partial charge in [-0.1, -0.05) is 17.3 Å². The number of hydrogen-bond acceptors (Lipinski definition) is 9. The lowest BCUT2D eigenvalue weighted by molar-refractivity contribution is 0.108. The Kier molecular flexibility index (Phi) is 6.96. The minimum Gasteiger partial charge on any atom is -0.491 e. The average molecular weight is 493 g/mol. The Morgan fingerprint density at radius 2 is 1.92 bits per heavy atom. The molecule has 2 bridgehead atoms. The van der Waals surface area contributed by atoms with Crippen LogP contribution in [0.1, 0.15) is 29.9 Å². The van der Waals surface area contributed by atoms with Gasteiger partial charge < -0.3 is 24.6 Å². The first kappa shape index (κ1) is 24.7. The minimum absolute atomic E-state index is 0.207. The topological polar surface area (TPSA) is 99.8 Å². The summed E-state index contributed by atoms with van der Waals surface area (Å²) in [5, 5.41) is 17.2. The van der Waals surface area contributed by atoms with Gasteiger partial charge >= 0.3 is 0 Å². The predicted octanol–water partition coefficient (Wildman–Crippen LogP) is 2.97. The summed E-state index contributed by atoms with van der Waals surface area (Å²) in [6, 6.07) is 8.85. The fourth-order valence-corrected chi connectivity index (χ4v) is 5.50. The van der Waals surface area contributed by atoms with Gasteiger partial charge in [0.15, 0.2) is 5.82 Å². The Hall–Kier alpha value is -3.01. The summed E-state index contributed by atoms with van der Waals surface area (Å²) in [7, 11) is 4.05. The zero-order chi connectivity index (χ0) is 25.4. The Balaban J connectivity index is 1.55. The number of hydrogen-bond donors (Lipinski definition) is 2. The molecule has 192 valence electrons. The zero-order valence-electron chi connectivity index (χ0n) is 21.8. The molecule has 0 spiro atoms. The molecule has 9 nitrogen and oxygen atoms in total. The van der Waals surface area contributed by atoms with E-state index in [1.54, 1.807) is 7.05 Å². The second-order valence-electron chi connectivity index (χ2n) is 10.0. The number of aliphatic hydroxyl groups is 1. The molecule has 2 aromatic heterocycles. The van der Waals surface area contributed by atoms with E-state index < -0.39 is 6.10 Å². The number of anilines is 1. The van der Waals surface area contributed by atoms with Crippen LogP contribution in [0.5, 0.6) is 5.75 Å². The van der Waals surface area contributed by atoms with Crippen LogP contribution in [0.3, 0.4) is 0 Å². The van der Waals surface area contributed by atoms with Gasteiger partial charge in [0.2, 0.25) is 0 Å². The van der Waals surface area contributed by atoms with E-state index in [1.165, 1.54) is 12.8 Å². The van der Waals surface area contributed by atoms with E-state index in [1.807, 2.05) is 38.1 Å². The van der Waals surface area contributed by atoms with E-state index in [2.05, 4.69) is 34.2 Å². The molecule has 0 amide bonds. The molecule has 2 saturated heterocycles. The first-order valence-corrected chi connectivity index (χ1v) is 12.7. The van der Waals surface area contributed by atoms with Crippen LogP contribution in [0.2, 0.25) is 0 Å². The Labute approximate surface area is 212 Å². The lowest BCUT2D eigenvalue weighted by Crippen LogP contribution is -2.52. The van der Waals surface area contributed by atoms with Gasteiger partial charge in [-0.2, -0.15) is 0 Å². The summed E-state index contributed by atoms with van der Waals surface area (Å²) < 4.78 is 11.4. The van der Waals surface area contributed by atoms with Gasteiger partial charge in [0.05, 0.1) is 17.0 Å². The fraction of sp³-hybridized carbons (Fsp3) is 0.519. The van der Waals surface area contributed by atoms with Gasteiger partial charge in [0.25, 0.3) is 0 Å². The van der Waals surface area contributed by atoms with Gasteiger partial charge in [-0.15, -0.1) is 0 Å². The number of piperazine rings is 1. The maximum absolute atomic E-state index is 10.0. The van der Waals surface area contributed by atoms with E-state index in [0.29, 0.717) is 30.2 Å². The summed E-state index contributed by atoms with van der Waals surface area (Å²) in [6.07, 6.45) is 1.87. The molecule has 0 saturated carbocycles. The molecule has 4 heterocycles. The van der Waals surface area contributed by atoms with Gasteiger partial charge in [-0.05, 0) is 59.8 Å². The average Bonchev–Trinajstić information content (AvgIpc) is 3.28. The quantitative estimate of drug-likeness (QED) is 0.492. The number of ether oxygens (including phenoxy) is 1. The molecule has 2 aliphatic heterocycles. The maximum atomic E-state index is 10.0. The standard InChI is InChI=1S/C27H36N6O3/c1-16-25(24-17(2)31-36-18(24)3)29-26(19-7-6-8-23(11-19)35-15-22(34)12-28-4)30-27(16)33-13-20-9-10-21(14-33)32(20)5/h6-8,11,20-22,28,34H,9-10,12-15H2,1-5H3/t20-,21+,22?. The Morgan fingerprint density at radius 3 is 2.58 bits per heavy atom. The number of aryl methyl sites for hydroxylation is 2. The van der Waals surface area contributed by atoms with Crippen LogP contribution in [0.4, 0.5) is 5.82 Å². The van der Waals surface area contributed by atoms with E-state index in [4.69, 9.17) is 19.2 Å². The van der Waals surface area contributed by atoms with Crippen molar-refractivity contribution in [1.29, 1.82) is 0 Å². The minimum atomic E-state index is -0.584. The predicted molar refractivity (Wildman–Crippen MR) is 139 cm³/mol. The second kappa shape index (κ2) is 10.2. The lowest BCUT2D eigenvalue weighted by Gasteiger charge is -2.40. The molecular weight excluding hydrogens is 456 g/mol. The van der Waals surface area contributed by atoms with Crippen molar-refractivity contribution in [3.8, 4) is 28.4 Å². The third-order valence-corrected chi connectivity index (χ3v) is 7.51. The summed E-state index contributed by atoms with van der Waals surface area (Å²) >= 11 is 0. The third-order valence-electron chi connectivity index (χ3n) is 7.51. The molecule has 3 aromatic rings. The van der Waals surface area contributed by atoms with Crippen LogP contribution in [0.25, 0.3) is 22.6 Å². The first-order chi connectivity index (χ1) is 17.4. The highest BCUT2D eigenvalue weighted by Gasteiger charge is 2.38. The molecule has 3 atom stereocenters. The normalized spacial score (nSPS) is 20.7. The molecule has 0 aliphatic carbocycles. The van der Waals surface area contributed by atoms with Crippen LogP contribution < -0.4 is 15.0 Å².